The minimum atomic E-state index is 0.169. The van der Waals surface area contributed by atoms with E-state index in [4.69, 9.17) is 5.26 Å². The van der Waals surface area contributed by atoms with Crippen molar-refractivity contribution in [1.82, 2.24) is 10.2 Å². The Labute approximate surface area is 98.8 Å². The summed E-state index contributed by atoms with van der Waals surface area (Å²) in [5.74, 6) is 0.169. The molecule has 0 bridgehead atoms. The molecule has 2 fully saturated rings. The van der Waals surface area contributed by atoms with Crippen molar-refractivity contribution in [3.63, 3.8) is 0 Å². The van der Waals surface area contributed by atoms with Gasteiger partial charge in [0.25, 0.3) is 0 Å². The third kappa shape index (κ3) is 2.75. The number of hydrogen-bond acceptors (Lipinski definition) is 3. The molecular formula is C13H23N3. The van der Waals surface area contributed by atoms with Gasteiger partial charge in [-0.1, -0.05) is 6.42 Å². The lowest BCUT2D eigenvalue weighted by molar-refractivity contribution is 0.111. The van der Waals surface area contributed by atoms with Gasteiger partial charge in [0.2, 0.25) is 0 Å². The first-order chi connectivity index (χ1) is 7.81. The van der Waals surface area contributed by atoms with E-state index in [1.165, 1.54) is 45.2 Å². The molecule has 90 valence electrons. The van der Waals surface area contributed by atoms with Crippen LogP contribution in [0.5, 0.6) is 0 Å². The molecular weight excluding hydrogens is 198 g/mol. The number of nitrogens with zero attached hydrogens (tertiary/aromatic N) is 2. The van der Waals surface area contributed by atoms with Gasteiger partial charge in [-0.2, -0.15) is 5.26 Å². The first-order valence-electron chi connectivity index (χ1n) is 6.68. The molecule has 0 aromatic rings. The van der Waals surface area contributed by atoms with Crippen LogP contribution in [-0.4, -0.2) is 36.6 Å². The van der Waals surface area contributed by atoms with Crippen molar-refractivity contribution in [2.45, 2.75) is 51.1 Å². The van der Waals surface area contributed by atoms with Crippen molar-refractivity contribution in [3.8, 4) is 6.07 Å². The fourth-order valence-electron chi connectivity index (χ4n) is 3.13. The largest absolute Gasteiger partial charge is 0.312 e. The van der Waals surface area contributed by atoms with Crippen LogP contribution in [0.4, 0.5) is 0 Å². The standard InChI is InChI=1S/C13H23N3/c1-11(9-14)10-16-8-3-2-6-13(16)12-5-4-7-15-12/h11-13,15H,2-8,10H2,1H3. The Hall–Kier alpha value is -0.590. The van der Waals surface area contributed by atoms with Gasteiger partial charge in [0.1, 0.15) is 0 Å². The molecule has 16 heavy (non-hydrogen) atoms. The van der Waals surface area contributed by atoms with Gasteiger partial charge in [-0.05, 0) is 45.7 Å². The van der Waals surface area contributed by atoms with Crippen molar-refractivity contribution in [2.24, 2.45) is 5.92 Å². The maximum Gasteiger partial charge on any atom is 0.0666 e. The van der Waals surface area contributed by atoms with Crippen LogP contribution in [-0.2, 0) is 0 Å². The third-order valence-corrected chi connectivity index (χ3v) is 3.96. The SMILES string of the molecule is CC(C#N)CN1CCCCC1C1CCCN1. The van der Waals surface area contributed by atoms with Gasteiger partial charge in [-0.25, -0.2) is 0 Å². The predicted molar refractivity (Wildman–Crippen MR) is 65.0 cm³/mol. The molecule has 2 rings (SSSR count). The highest BCUT2D eigenvalue weighted by atomic mass is 15.2. The van der Waals surface area contributed by atoms with E-state index in [0.717, 1.165) is 6.54 Å². The summed E-state index contributed by atoms with van der Waals surface area (Å²) in [6.07, 6.45) is 6.63. The number of nitrogens with one attached hydrogen (secondary N) is 1. The molecule has 0 saturated carbocycles. The van der Waals surface area contributed by atoms with E-state index in [1.807, 2.05) is 6.92 Å². The Bertz CT molecular complexity index is 252. The van der Waals surface area contributed by atoms with Crippen LogP contribution in [0.3, 0.4) is 0 Å². The van der Waals surface area contributed by atoms with E-state index >= 15 is 0 Å². The van der Waals surface area contributed by atoms with Crippen LogP contribution >= 0.6 is 0 Å². The summed E-state index contributed by atoms with van der Waals surface area (Å²) in [5.41, 5.74) is 0. The predicted octanol–water partition coefficient (Wildman–Crippen LogP) is 1.75. The van der Waals surface area contributed by atoms with Crippen molar-refractivity contribution in [2.75, 3.05) is 19.6 Å². The van der Waals surface area contributed by atoms with Crippen LogP contribution in [0, 0.1) is 17.2 Å². The maximum atomic E-state index is 8.92. The molecule has 3 atom stereocenters. The zero-order valence-electron chi connectivity index (χ0n) is 10.3. The van der Waals surface area contributed by atoms with Crippen LogP contribution in [0.2, 0.25) is 0 Å². The normalized spacial score (nSPS) is 33.5. The van der Waals surface area contributed by atoms with Gasteiger partial charge in [0.15, 0.2) is 0 Å². The van der Waals surface area contributed by atoms with Gasteiger partial charge < -0.3 is 5.32 Å². The van der Waals surface area contributed by atoms with Gasteiger partial charge >= 0.3 is 0 Å². The second-order valence-electron chi connectivity index (χ2n) is 5.29. The zero-order chi connectivity index (χ0) is 11.4. The second-order valence-corrected chi connectivity index (χ2v) is 5.29. The highest BCUT2D eigenvalue weighted by Gasteiger charge is 2.31. The fraction of sp³-hybridized carbons (Fsp3) is 0.923. The van der Waals surface area contributed by atoms with E-state index in [2.05, 4.69) is 16.3 Å². The highest BCUT2D eigenvalue weighted by molar-refractivity contribution is 4.93. The lowest BCUT2D eigenvalue weighted by Crippen LogP contribution is -2.51. The number of likely N-dealkylation sites (tertiary alicyclic amines) is 1. The maximum absolute atomic E-state index is 8.92. The van der Waals surface area contributed by atoms with Crippen LogP contribution < -0.4 is 5.32 Å². The Balaban J connectivity index is 1.93. The van der Waals surface area contributed by atoms with Crippen molar-refractivity contribution in [1.29, 1.82) is 5.26 Å². The first-order valence-corrected chi connectivity index (χ1v) is 6.68. The summed E-state index contributed by atoms with van der Waals surface area (Å²) in [6.45, 7) is 5.37. The number of piperidine rings is 1. The average Bonchev–Trinajstić information content (AvgIpc) is 2.83. The van der Waals surface area contributed by atoms with Gasteiger partial charge in [0.05, 0.1) is 12.0 Å². The molecule has 0 aliphatic carbocycles. The molecule has 3 nitrogen and oxygen atoms in total. The van der Waals surface area contributed by atoms with E-state index < -0.39 is 0 Å². The summed E-state index contributed by atoms with van der Waals surface area (Å²) in [7, 11) is 0. The van der Waals surface area contributed by atoms with Gasteiger partial charge in [0, 0.05) is 18.6 Å². The van der Waals surface area contributed by atoms with Gasteiger partial charge in [-0.3, -0.25) is 4.90 Å². The fourth-order valence-corrected chi connectivity index (χ4v) is 3.13. The van der Waals surface area contributed by atoms with Gasteiger partial charge in [-0.15, -0.1) is 0 Å². The molecule has 2 saturated heterocycles. The zero-order valence-corrected chi connectivity index (χ0v) is 10.3. The van der Waals surface area contributed by atoms with E-state index in [9.17, 15) is 0 Å². The molecule has 3 unspecified atom stereocenters. The monoisotopic (exact) mass is 221 g/mol. The summed E-state index contributed by atoms with van der Waals surface area (Å²) >= 11 is 0. The molecule has 0 spiro atoms. The number of rotatable bonds is 3. The summed E-state index contributed by atoms with van der Waals surface area (Å²) in [6, 6.07) is 3.73. The highest BCUT2D eigenvalue weighted by Crippen LogP contribution is 2.24. The minimum absolute atomic E-state index is 0.169. The lowest BCUT2D eigenvalue weighted by atomic mass is 9.93. The number of nitriles is 1. The Morgan fingerprint density at radius 1 is 1.38 bits per heavy atom. The molecule has 1 N–H and O–H groups in total. The van der Waals surface area contributed by atoms with Crippen molar-refractivity contribution in [3.05, 3.63) is 0 Å². The summed E-state index contributed by atoms with van der Waals surface area (Å²) in [4.78, 5) is 2.56. The number of hydrogen-bond donors (Lipinski definition) is 1. The van der Waals surface area contributed by atoms with E-state index in [1.54, 1.807) is 0 Å². The van der Waals surface area contributed by atoms with Crippen LogP contribution in [0.25, 0.3) is 0 Å². The second kappa shape index (κ2) is 5.65. The molecule has 0 amide bonds. The third-order valence-electron chi connectivity index (χ3n) is 3.96. The van der Waals surface area contributed by atoms with E-state index in [-0.39, 0.29) is 5.92 Å². The van der Waals surface area contributed by atoms with Crippen LogP contribution in [0.15, 0.2) is 0 Å². The smallest absolute Gasteiger partial charge is 0.0666 e. The summed E-state index contributed by atoms with van der Waals surface area (Å²) in [5, 5.41) is 12.5. The van der Waals surface area contributed by atoms with E-state index in [0.29, 0.717) is 12.1 Å². The molecule has 2 heterocycles. The van der Waals surface area contributed by atoms with Crippen molar-refractivity contribution < 1.29 is 0 Å². The quantitative estimate of drug-likeness (QED) is 0.789. The Morgan fingerprint density at radius 2 is 2.25 bits per heavy atom. The molecule has 2 aliphatic heterocycles. The molecule has 2 aliphatic rings. The van der Waals surface area contributed by atoms with Crippen LogP contribution in [0.1, 0.15) is 39.0 Å². The average molecular weight is 221 g/mol. The first kappa shape index (κ1) is 11.9. The Kier molecular flexibility index (Phi) is 4.20. The molecule has 0 radical (unpaired) electrons. The minimum Gasteiger partial charge on any atom is -0.312 e. The Morgan fingerprint density at radius 3 is 2.94 bits per heavy atom. The topological polar surface area (TPSA) is 39.1 Å². The molecule has 0 aromatic carbocycles. The van der Waals surface area contributed by atoms with Crippen molar-refractivity contribution >= 4 is 0 Å². The molecule has 0 aromatic heterocycles. The lowest BCUT2D eigenvalue weighted by Gasteiger charge is -2.39. The summed E-state index contributed by atoms with van der Waals surface area (Å²) < 4.78 is 0. The molecule has 3 heteroatoms.